The van der Waals surface area contributed by atoms with Crippen LogP contribution < -0.4 is 0 Å². The Labute approximate surface area is 118 Å². The van der Waals surface area contributed by atoms with Gasteiger partial charge in [-0.1, -0.05) is 18.2 Å². The van der Waals surface area contributed by atoms with Crippen LogP contribution in [-0.2, 0) is 0 Å². The van der Waals surface area contributed by atoms with E-state index in [2.05, 4.69) is 10.2 Å². The first-order valence-electron chi connectivity index (χ1n) is 6.12. The number of aromatic nitrogens is 3. The van der Waals surface area contributed by atoms with Gasteiger partial charge in [0, 0.05) is 6.07 Å². The molecule has 3 aromatic rings. The van der Waals surface area contributed by atoms with Gasteiger partial charge < -0.3 is 0 Å². The molecule has 0 spiro atoms. The molecule has 1 aromatic heterocycles. The van der Waals surface area contributed by atoms with Crippen molar-refractivity contribution < 1.29 is 13.6 Å². The molecule has 0 fully saturated rings. The molecular weight excluding hydrogens is 276 g/mol. The molecule has 21 heavy (non-hydrogen) atoms. The molecule has 6 heteroatoms. The molecule has 4 nitrogen and oxygen atoms in total. The van der Waals surface area contributed by atoms with Crippen LogP contribution in [0.1, 0.15) is 16.1 Å². The van der Waals surface area contributed by atoms with Crippen LogP contribution in [-0.4, -0.2) is 20.8 Å². The number of rotatable bonds is 3. The standard InChI is InChI=1S/C15H9F2N3O/c16-10-6-7-12(13(17)8-10)15(21)14-9-18-20(19-14)11-4-2-1-3-5-11/h1-9H. The molecule has 104 valence electrons. The molecule has 0 amide bonds. The second kappa shape index (κ2) is 5.24. The van der Waals surface area contributed by atoms with Gasteiger partial charge in [0.1, 0.15) is 11.6 Å². The van der Waals surface area contributed by atoms with E-state index in [1.165, 1.54) is 11.0 Å². The van der Waals surface area contributed by atoms with E-state index in [-0.39, 0.29) is 11.3 Å². The van der Waals surface area contributed by atoms with Crippen molar-refractivity contribution in [2.45, 2.75) is 0 Å². The minimum absolute atomic E-state index is 0.00985. The van der Waals surface area contributed by atoms with E-state index in [4.69, 9.17) is 0 Å². The smallest absolute Gasteiger partial charge is 0.217 e. The summed E-state index contributed by atoms with van der Waals surface area (Å²) in [7, 11) is 0. The fourth-order valence-electron chi connectivity index (χ4n) is 1.86. The van der Waals surface area contributed by atoms with Gasteiger partial charge in [-0.15, -0.1) is 5.10 Å². The molecule has 1 heterocycles. The summed E-state index contributed by atoms with van der Waals surface area (Å²) in [6.45, 7) is 0. The number of halogens is 2. The van der Waals surface area contributed by atoms with E-state index in [1.54, 1.807) is 24.3 Å². The molecule has 3 rings (SSSR count). The summed E-state index contributed by atoms with van der Waals surface area (Å²) in [5.74, 6) is -2.30. The zero-order valence-corrected chi connectivity index (χ0v) is 10.7. The van der Waals surface area contributed by atoms with Crippen LogP contribution in [0.3, 0.4) is 0 Å². The second-order valence-corrected chi connectivity index (χ2v) is 4.31. The molecule has 2 aromatic carbocycles. The first-order chi connectivity index (χ1) is 10.1. The highest BCUT2D eigenvalue weighted by atomic mass is 19.1. The SMILES string of the molecule is O=C(c1cnn(-c2ccccc2)n1)c1ccc(F)cc1F. The van der Waals surface area contributed by atoms with Gasteiger partial charge in [0.15, 0.2) is 5.69 Å². The predicted molar refractivity (Wildman–Crippen MR) is 71.1 cm³/mol. The van der Waals surface area contributed by atoms with Crippen molar-refractivity contribution in [2.75, 3.05) is 0 Å². The number of nitrogens with zero attached hydrogens (tertiary/aromatic N) is 3. The lowest BCUT2D eigenvalue weighted by atomic mass is 10.1. The normalized spacial score (nSPS) is 10.6. The minimum Gasteiger partial charge on any atom is -0.287 e. The molecule has 0 aliphatic carbocycles. The predicted octanol–water partition coefficient (Wildman–Crippen LogP) is 2.78. The summed E-state index contributed by atoms with van der Waals surface area (Å²) in [5.41, 5.74) is 0.428. The molecule has 0 aliphatic rings. The van der Waals surface area contributed by atoms with Crippen LogP contribution in [0, 0.1) is 11.6 Å². The van der Waals surface area contributed by atoms with Crippen molar-refractivity contribution in [1.29, 1.82) is 0 Å². The van der Waals surface area contributed by atoms with E-state index in [9.17, 15) is 13.6 Å². The Balaban J connectivity index is 1.94. The van der Waals surface area contributed by atoms with E-state index in [0.717, 1.165) is 12.1 Å². The van der Waals surface area contributed by atoms with E-state index in [0.29, 0.717) is 11.8 Å². The fraction of sp³-hybridized carbons (Fsp3) is 0. The minimum atomic E-state index is -0.922. The van der Waals surface area contributed by atoms with Crippen molar-refractivity contribution >= 4 is 5.78 Å². The quantitative estimate of drug-likeness (QED) is 0.695. The van der Waals surface area contributed by atoms with Crippen molar-refractivity contribution in [3.05, 3.63) is 77.6 Å². The van der Waals surface area contributed by atoms with E-state index in [1.807, 2.05) is 6.07 Å². The van der Waals surface area contributed by atoms with Crippen molar-refractivity contribution in [3.63, 3.8) is 0 Å². The second-order valence-electron chi connectivity index (χ2n) is 4.31. The van der Waals surface area contributed by atoms with Gasteiger partial charge in [0.2, 0.25) is 5.78 Å². The monoisotopic (exact) mass is 285 g/mol. The van der Waals surface area contributed by atoms with Crippen LogP contribution in [0.25, 0.3) is 5.69 Å². The van der Waals surface area contributed by atoms with Gasteiger partial charge in [-0.25, -0.2) is 8.78 Å². The Morgan fingerprint density at radius 2 is 1.81 bits per heavy atom. The zero-order chi connectivity index (χ0) is 14.8. The summed E-state index contributed by atoms with van der Waals surface area (Å²) in [6.07, 6.45) is 1.25. The molecule has 0 saturated heterocycles. The van der Waals surface area contributed by atoms with Crippen molar-refractivity contribution in [2.24, 2.45) is 0 Å². The lowest BCUT2D eigenvalue weighted by molar-refractivity contribution is 0.103. The first kappa shape index (κ1) is 13.1. The van der Waals surface area contributed by atoms with E-state index < -0.39 is 17.4 Å². The Morgan fingerprint density at radius 1 is 1.05 bits per heavy atom. The Bertz CT molecular complexity index is 800. The summed E-state index contributed by atoms with van der Waals surface area (Å²) in [4.78, 5) is 13.4. The largest absolute Gasteiger partial charge is 0.287 e. The summed E-state index contributed by atoms with van der Waals surface area (Å²) < 4.78 is 26.5. The molecule has 0 N–H and O–H groups in total. The van der Waals surface area contributed by atoms with Crippen LogP contribution in [0.5, 0.6) is 0 Å². The third-order valence-electron chi connectivity index (χ3n) is 2.89. The van der Waals surface area contributed by atoms with Crippen LogP contribution in [0.15, 0.2) is 54.7 Å². The Morgan fingerprint density at radius 3 is 2.52 bits per heavy atom. The van der Waals surface area contributed by atoms with Gasteiger partial charge in [0.25, 0.3) is 0 Å². The lowest BCUT2D eigenvalue weighted by Gasteiger charge is -2.00. The number of carbonyl (C=O) groups is 1. The maximum absolute atomic E-state index is 13.6. The highest BCUT2D eigenvalue weighted by molar-refractivity contribution is 6.07. The Hall–Kier alpha value is -2.89. The maximum atomic E-state index is 13.6. The number of ketones is 1. The van der Waals surface area contributed by atoms with Crippen molar-refractivity contribution in [1.82, 2.24) is 15.0 Å². The van der Waals surface area contributed by atoms with Gasteiger partial charge in [-0.3, -0.25) is 4.79 Å². The molecule has 0 radical (unpaired) electrons. The first-order valence-corrected chi connectivity index (χ1v) is 6.12. The number of hydrogen-bond acceptors (Lipinski definition) is 3. The van der Waals surface area contributed by atoms with Crippen LogP contribution in [0.2, 0.25) is 0 Å². The van der Waals surface area contributed by atoms with Crippen LogP contribution in [0.4, 0.5) is 8.78 Å². The summed E-state index contributed by atoms with van der Waals surface area (Å²) in [5, 5.41) is 7.98. The molecule has 0 saturated carbocycles. The maximum Gasteiger partial charge on any atom is 0.217 e. The number of benzene rings is 2. The molecule has 0 unspecified atom stereocenters. The molecule has 0 atom stereocenters. The average Bonchev–Trinajstić information content (AvgIpc) is 2.97. The topological polar surface area (TPSA) is 47.8 Å². The summed E-state index contributed by atoms with van der Waals surface area (Å²) in [6, 6.07) is 11.8. The average molecular weight is 285 g/mol. The number of hydrogen-bond donors (Lipinski definition) is 0. The van der Waals surface area contributed by atoms with Gasteiger partial charge in [-0.2, -0.15) is 9.90 Å². The Kier molecular flexibility index (Phi) is 3.27. The molecular formula is C15H9F2N3O. The zero-order valence-electron chi connectivity index (χ0n) is 10.7. The number of carbonyl (C=O) groups excluding carboxylic acids is 1. The highest BCUT2D eigenvalue weighted by Crippen LogP contribution is 2.14. The molecule has 0 aliphatic heterocycles. The van der Waals surface area contributed by atoms with Crippen molar-refractivity contribution in [3.8, 4) is 5.69 Å². The lowest BCUT2D eigenvalue weighted by Crippen LogP contribution is -2.07. The third kappa shape index (κ3) is 2.55. The van der Waals surface area contributed by atoms with Crippen LogP contribution >= 0.6 is 0 Å². The van der Waals surface area contributed by atoms with E-state index >= 15 is 0 Å². The summed E-state index contributed by atoms with van der Waals surface area (Å²) >= 11 is 0. The third-order valence-corrected chi connectivity index (χ3v) is 2.89. The fourth-order valence-corrected chi connectivity index (χ4v) is 1.86. The number of para-hydroxylation sites is 1. The highest BCUT2D eigenvalue weighted by Gasteiger charge is 2.18. The van der Waals surface area contributed by atoms with Gasteiger partial charge >= 0.3 is 0 Å². The van der Waals surface area contributed by atoms with Gasteiger partial charge in [-0.05, 0) is 24.3 Å². The molecule has 0 bridgehead atoms. The van der Waals surface area contributed by atoms with Gasteiger partial charge in [0.05, 0.1) is 17.4 Å².